The molecule has 0 atom stereocenters. The Morgan fingerprint density at radius 3 is 2.67 bits per heavy atom. The second-order valence-corrected chi connectivity index (χ2v) is 4.35. The summed E-state index contributed by atoms with van der Waals surface area (Å²) in [5.74, 6) is -0.231. The van der Waals surface area contributed by atoms with Crippen molar-refractivity contribution >= 4 is 10.9 Å². The van der Waals surface area contributed by atoms with Gasteiger partial charge in [0.15, 0.2) is 0 Å². The van der Waals surface area contributed by atoms with Crippen molar-refractivity contribution in [3.05, 3.63) is 66.0 Å². The van der Waals surface area contributed by atoms with Crippen molar-refractivity contribution in [1.82, 2.24) is 4.98 Å². The zero-order chi connectivity index (χ0) is 12.5. The number of fused-ring (bicyclic) bond motifs is 1. The van der Waals surface area contributed by atoms with Crippen molar-refractivity contribution in [1.29, 1.82) is 0 Å². The van der Waals surface area contributed by atoms with Crippen LogP contribution in [0, 0.1) is 12.7 Å². The molecule has 0 spiro atoms. The second kappa shape index (κ2) is 4.22. The molecular weight excluding hydrogens is 225 g/mol. The number of nitrogens with zero attached hydrogens (tertiary/aromatic N) is 1. The predicted octanol–water partition coefficient (Wildman–Crippen LogP) is 4.35. The first-order valence-corrected chi connectivity index (χ1v) is 5.86. The van der Waals surface area contributed by atoms with E-state index in [9.17, 15) is 4.39 Å². The molecular formula is C16H12FN. The first-order valence-electron chi connectivity index (χ1n) is 5.86. The lowest BCUT2D eigenvalue weighted by atomic mass is 10.0. The number of pyridine rings is 1. The molecule has 0 aliphatic heterocycles. The first-order chi connectivity index (χ1) is 8.74. The monoisotopic (exact) mass is 237 g/mol. The van der Waals surface area contributed by atoms with E-state index in [-0.39, 0.29) is 5.82 Å². The average Bonchev–Trinajstić information content (AvgIpc) is 2.41. The van der Waals surface area contributed by atoms with Gasteiger partial charge in [0.25, 0.3) is 0 Å². The number of aryl methyl sites for hydroxylation is 1. The fourth-order valence-corrected chi connectivity index (χ4v) is 2.09. The van der Waals surface area contributed by atoms with Crippen LogP contribution in [0.3, 0.4) is 0 Å². The third-order valence-electron chi connectivity index (χ3n) is 3.07. The van der Waals surface area contributed by atoms with Gasteiger partial charge in [0.05, 0.1) is 11.2 Å². The lowest BCUT2D eigenvalue weighted by molar-refractivity contribution is 0.628. The van der Waals surface area contributed by atoms with Crippen molar-refractivity contribution in [3.8, 4) is 11.3 Å². The molecule has 88 valence electrons. The molecule has 0 fully saturated rings. The minimum atomic E-state index is -0.231. The maximum Gasteiger partial charge on any atom is 0.123 e. The Balaban J connectivity index is 2.22. The highest BCUT2D eigenvalue weighted by atomic mass is 19.1. The van der Waals surface area contributed by atoms with Crippen molar-refractivity contribution in [3.63, 3.8) is 0 Å². The van der Waals surface area contributed by atoms with E-state index >= 15 is 0 Å². The van der Waals surface area contributed by atoms with Gasteiger partial charge >= 0.3 is 0 Å². The fraction of sp³-hybridized carbons (Fsp3) is 0.0625. The Labute approximate surface area is 105 Å². The molecule has 0 amide bonds. The van der Waals surface area contributed by atoms with E-state index in [0.717, 1.165) is 27.7 Å². The summed E-state index contributed by atoms with van der Waals surface area (Å²) in [6, 6.07) is 16.7. The van der Waals surface area contributed by atoms with Gasteiger partial charge in [0, 0.05) is 10.9 Å². The second-order valence-electron chi connectivity index (χ2n) is 4.35. The summed E-state index contributed by atoms with van der Waals surface area (Å²) in [7, 11) is 0. The van der Waals surface area contributed by atoms with Crippen LogP contribution < -0.4 is 0 Å². The topological polar surface area (TPSA) is 12.9 Å². The van der Waals surface area contributed by atoms with E-state index in [4.69, 9.17) is 0 Å². The number of benzene rings is 2. The first kappa shape index (κ1) is 10.9. The largest absolute Gasteiger partial charge is 0.248 e. The van der Waals surface area contributed by atoms with Crippen LogP contribution in [0.15, 0.2) is 54.6 Å². The smallest absolute Gasteiger partial charge is 0.123 e. The number of para-hydroxylation sites is 1. The molecule has 0 aliphatic rings. The molecule has 0 saturated heterocycles. The summed E-state index contributed by atoms with van der Waals surface area (Å²) in [5.41, 5.74) is 3.62. The maximum absolute atomic E-state index is 13.3. The summed E-state index contributed by atoms with van der Waals surface area (Å²) < 4.78 is 13.3. The highest BCUT2D eigenvalue weighted by Crippen LogP contribution is 2.24. The highest BCUT2D eigenvalue weighted by Gasteiger charge is 2.05. The minimum Gasteiger partial charge on any atom is -0.248 e. The van der Waals surface area contributed by atoms with Crippen molar-refractivity contribution in [2.24, 2.45) is 0 Å². The van der Waals surface area contributed by atoms with Gasteiger partial charge in [-0.25, -0.2) is 9.37 Å². The SMILES string of the molecule is Cc1ccc(F)cc1-c1ccc2ccccc2n1. The van der Waals surface area contributed by atoms with E-state index in [1.54, 1.807) is 6.07 Å². The molecule has 0 radical (unpaired) electrons. The number of rotatable bonds is 1. The van der Waals surface area contributed by atoms with Gasteiger partial charge < -0.3 is 0 Å². The fourth-order valence-electron chi connectivity index (χ4n) is 2.09. The quantitative estimate of drug-likeness (QED) is 0.613. The Morgan fingerprint density at radius 2 is 1.78 bits per heavy atom. The van der Waals surface area contributed by atoms with Gasteiger partial charge in [-0.05, 0) is 36.8 Å². The molecule has 0 saturated carbocycles. The summed E-state index contributed by atoms with van der Waals surface area (Å²) in [6.45, 7) is 1.96. The molecule has 2 heteroatoms. The molecule has 0 unspecified atom stereocenters. The standard InChI is InChI=1S/C16H12FN/c1-11-6-8-13(17)10-14(11)16-9-7-12-4-2-3-5-15(12)18-16/h2-10H,1H3. The van der Waals surface area contributed by atoms with Crippen LogP contribution >= 0.6 is 0 Å². The molecule has 18 heavy (non-hydrogen) atoms. The van der Waals surface area contributed by atoms with E-state index in [2.05, 4.69) is 4.98 Å². The van der Waals surface area contributed by atoms with E-state index in [1.165, 1.54) is 12.1 Å². The number of hydrogen-bond acceptors (Lipinski definition) is 1. The van der Waals surface area contributed by atoms with E-state index < -0.39 is 0 Å². The Hall–Kier alpha value is -2.22. The van der Waals surface area contributed by atoms with Gasteiger partial charge in [-0.15, -0.1) is 0 Å². The lowest BCUT2D eigenvalue weighted by Crippen LogP contribution is -1.89. The molecule has 3 rings (SSSR count). The zero-order valence-corrected chi connectivity index (χ0v) is 10.0. The van der Waals surface area contributed by atoms with Gasteiger partial charge in [0.2, 0.25) is 0 Å². The molecule has 1 aromatic heterocycles. The normalized spacial score (nSPS) is 10.8. The van der Waals surface area contributed by atoms with E-state index in [1.807, 2.05) is 43.3 Å². The van der Waals surface area contributed by atoms with Crippen LogP contribution in [0.5, 0.6) is 0 Å². The third kappa shape index (κ3) is 1.86. The van der Waals surface area contributed by atoms with E-state index in [0.29, 0.717) is 0 Å². The molecule has 0 aliphatic carbocycles. The molecule has 1 heterocycles. The average molecular weight is 237 g/mol. The van der Waals surface area contributed by atoms with Crippen molar-refractivity contribution in [2.75, 3.05) is 0 Å². The summed E-state index contributed by atoms with van der Waals surface area (Å²) >= 11 is 0. The van der Waals surface area contributed by atoms with Crippen LogP contribution in [-0.4, -0.2) is 4.98 Å². The van der Waals surface area contributed by atoms with Crippen LogP contribution in [0.2, 0.25) is 0 Å². The zero-order valence-electron chi connectivity index (χ0n) is 10.0. The minimum absolute atomic E-state index is 0.231. The van der Waals surface area contributed by atoms with Gasteiger partial charge in [-0.2, -0.15) is 0 Å². The Morgan fingerprint density at radius 1 is 0.944 bits per heavy atom. The van der Waals surface area contributed by atoms with Gasteiger partial charge in [-0.3, -0.25) is 0 Å². The number of aromatic nitrogens is 1. The van der Waals surface area contributed by atoms with Gasteiger partial charge in [0.1, 0.15) is 5.82 Å². The molecule has 0 bridgehead atoms. The third-order valence-corrected chi connectivity index (χ3v) is 3.07. The maximum atomic E-state index is 13.3. The highest BCUT2D eigenvalue weighted by molar-refractivity contribution is 5.81. The van der Waals surface area contributed by atoms with Crippen LogP contribution in [0.25, 0.3) is 22.2 Å². The predicted molar refractivity (Wildman–Crippen MR) is 71.9 cm³/mol. The Kier molecular flexibility index (Phi) is 2.56. The van der Waals surface area contributed by atoms with Crippen molar-refractivity contribution < 1.29 is 4.39 Å². The Bertz CT molecular complexity index is 719. The van der Waals surface area contributed by atoms with Crippen molar-refractivity contribution in [2.45, 2.75) is 6.92 Å². The van der Waals surface area contributed by atoms with Crippen LogP contribution in [0.4, 0.5) is 4.39 Å². The molecule has 1 nitrogen and oxygen atoms in total. The van der Waals surface area contributed by atoms with Gasteiger partial charge in [-0.1, -0.05) is 30.3 Å². The number of halogens is 1. The summed E-state index contributed by atoms with van der Waals surface area (Å²) in [4.78, 5) is 4.58. The summed E-state index contributed by atoms with van der Waals surface area (Å²) in [5, 5.41) is 1.09. The lowest BCUT2D eigenvalue weighted by Gasteiger charge is -2.06. The summed E-state index contributed by atoms with van der Waals surface area (Å²) in [6.07, 6.45) is 0. The molecule has 2 aromatic carbocycles. The molecule has 3 aromatic rings. The molecule has 0 N–H and O–H groups in total. The van der Waals surface area contributed by atoms with Crippen LogP contribution in [-0.2, 0) is 0 Å². The number of hydrogen-bond donors (Lipinski definition) is 0. The van der Waals surface area contributed by atoms with Crippen LogP contribution in [0.1, 0.15) is 5.56 Å².